The first kappa shape index (κ1) is 15.3. The molecule has 6 atom stereocenters. The number of amides is 1. The molecule has 3 nitrogen and oxygen atoms in total. The number of nitrogens with one attached hydrogen (secondary N) is 1. The maximum absolute atomic E-state index is 12.7. The molecule has 3 aliphatic rings. The van der Waals surface area contributed by atoms with Gasteiger partial charge < -0.3 is 11.1 Å². The zero-order valence-electron chi connectivity index (χ0n) is 14.1. The third kappa shape index (κ3) is 2.42. The van der Waals surface area contributed by atoms with E-state index in [1.165, 1.54) is 19.3 Å². The molecule has 2 bridgehead atoms. The lowest BCUT2D eigenvalue weighted by Crippen LogP contribution is -2.54. The molecule has 0 heterocycles. The van der Waals surface area contributed by atoms with Crippen LogP contribution >= 0.6 is 0 Å². The number of fused-ring (bicyclic) bond motifs is 2. The number of carbonyl (C=O) groups excluding carboxylic acids is 1. The Morgan fingerprint density at radius 3 is 2.48 bits per heavy atom. The summed E-state index contributed by atoms with van der Waals surface area (Å²) in [5.74, 6) is 1.74. The van der Waals surface area contributed by atoms with Crippen LogP contribution in [-0.4, -0.2) is 18.0 Å². The zero-order chi connectivity index (χ0) is 15.4. The van der Waals surface area contributed by atoms with Crippen LogP contribution in [0.15, 0.2) is 0 Å². The maximum Gasteiger partial charge on any atom is 0.223 e. The maximum atomic E-state index is 12.7. The van der Waals surface area contributed by atoms with Crippen molar-refractivity contribution in [3.8, 4) is 0 Å². The van der Waals surface area contributed by atoms with Crippen molar-refractivity contribution in [1.29, 1.82) is 0 Å². The van der Waals surface area contributed by atoms with Gasteiger partial charge in [-0.05, 0) is 61.2 Å². The van der Waals surface area contributed by atoms with Crippen LogP contribution in [0, 0.1) is 28.6 Å². The Hall–Kier alpha value is -0.570. The Kier molecular flexibility index (Phi) is 3.63. The minimum atomic E-state index is 0.134. The molecular formula is C18H32N2O. The Morgan fingerprint density at radius 1 is 1.19 bits per heavy atom. The number of hydrogen-bond acceptors (Lipinski definition) is 2. The highest BCUT2D eigenvalue weighted by Crippen LogP contribution is 2.62. The van der Waals surface area contributed by atoms with Gasteiger partial charge >= 0.3 is 0 Å². The van der Waals surface area contributed by atoms with Crippen LogP contribution in [0.4, 0.5) is 0 Å². The van der Waals surface area contributed by atoms with Gasteiger partial charge in [0, 0.05) is 18.0 Å². The standard InChI is InChI=1S/C18H32N2O/c1-11-5-6-12(9-14(11)19)15(21)20-16-17(2,3)13-7-8-18(16,4)10-13/h11-14,16H,5-10,19H2,1-4H3,(H,20,21). The third-order valence-electron chi connectivity index (χ3n) is 7.19. The van der Waals surface area contributed by atoms with Gasteiger partial charge in [0.1, 0.15) is 0 Å². The van der Waals surface area contributed by atoms with Gasteiger partial charge in [-0.1, -0.05) is 27.7 Å². The summed E-state index contributed by atoms with van der Waals surface area (Å²) in [6.45, 7) is 9.28. The van der Waals surface area contributed by atoms with Crippen molar-refractivity contribution in [3.05, 3.63) is 0 Å². The molecule has 6 unspecified atom stereocenters. The van der Waals surface area contributed by atoms with Gasteiger partial charge in [-0.3, -0.25) is 4.79 Å². The predicted octanol–water partition coefficient (Wildman–Crippen LogP) is 3.08. The van der Waals surface area contributed by atoms with E-state index < -0.39 is 0 Å². The molecule has 3 heteroatoms. The second kappa shape index (κ2) is 4.97. The largest absolute Gasteiger partial charge is 0.352 e. The second-order valence-corrected chi connectivity index (χ2v) is 9.01. The van der Waals surface area contributed by atoms with E-state index in [9.17, 15) is 4.79 Å². The van der Waals surface area contributed by atoms with Crippen LogP contribution in [0.25, 0.3) is 0 Å². The lowest BCUT2D eigenvalue weighted by molar-refractivity contribution is -0.129. The minimum Gasteiger partial charge on any atom is -0.352 e. The van der Waals surface area contributed by atoms with E-state index in [0.717, 1.165) is 25.2 Å². The molecule has 0 saturated heterocycles. The SMILES string of the molecule is CC1CCC(C(=O)NC2C3(C)CCC(C3)C2(C)C)CC1N. The van der Waals surface area contributed by atoms with E-state index in [4.69, 9.17) is 5.73 Å². The average molecular weight is 292 g/mol. The van der Waals surface area contributed by atoms with Crippen LogP contribution in [-0.2, 0) is 4.79 Å². The Bertz CT molecular complexity index is 428. The van der Waals surface area contributed by atoms with E-state index in [0.29, 0.717) is 17.4 Å². The topological polar surface area (TPSA) is 55.1 Å². The molecule has 0 aromatic rings. The lowest BCUT2D eigenvalue weighted by Gasteiger charge is -2.44. The van der Waals surface area contributed by atoms with Crippen LogP contribution in [0.5, 0.6) is 0 Å². The molecule has 3 rings (SSSR count). The van der Waals surface area contributed by atoms with Gasteiger partial charge in [-0.15, -0.1) is 0 Å². The van der Waals surface area contributed by atoms with Crippen molar-refractivity contribution >= 4 is 5.91 Å². The normalized spacial score (nSPS) is 48.3. The smallest absolute Gasteiger partial charge is 0.223 e. The predicted molar refractivity (Wildman–Crippen MR) is 85.6 cm³/mol. The Morgan fingerprint density at radius 2 is 1.90 bits per heavy atom. The Labute approximate surface area is 129 Å². The van der Waals surface area contributed by atoms with E-state index in [2.05, 4.69) is 33.0 Å². The monoisotopic (exact) mass is 292 g/mol. The highest BCUT2D eigenvalue weighted by atomic mass is 16.2. The second-order valence-electron chi connectivity index (χ2n) is 9.01. The molecule has 3 N–H and O–H groups in total. The first-order valence-electron chi connectivity index (χ1n) is 8.80. The van der Waals surface area contributed by atoms with Gasteiger partial charge in [0.2, 0.25) is 5.91 Å². The van der Waals surface area contributed by atoms with Crippen LogP contribution in [0.1, 0.15) is 66.2 Å². The molecule has 0 aromatic heterocycles. The fourth-order valence-electron chi connectivity index (χ4n) is 5.52. The van der Waals surface area contributed by atoms with Crippen molar-refractivity contribution in [2.75, 3.05) is 0 Å². The molecule has 0 aromatic carbocycles. The highest BCUT2D eigenvalue weighted by Gasteiger charge is 2.59. The highest BCUT2D eigenvalue weighted by molar-refractivity contribution is 5.79. The van der Waals surface area contributed by atoms with Gasteiger partial charge in [0.25, 0.3) is 0 Å². The molecule has 0 spiro atoms. The lowest BCUT2D eigenvalue weighted by atomic mass is 9.68. The summed E-state index contributed by atoms with van der Waals surface area (Å²) in [6.07, 6.45) is 6.85. The molecule has 3 saturated carbocycles. The van der Waals surface area contributed by atoms with E-state index in [1.54, 1.807) is 0 Å². The van der Waals surface area contributed by atoms with E-state index in [-0.39, 0.29) is 23.3 Å². The van der Waals surface area contributed by atoms with Gasteiger partial charge in [0.15, 0.2) is 0 Å². The first-order chi connectivity index (χ1) is 9.74. The molecule has 120 valence electrons. The summed E-state index contributed by atoms with van der Waals surface area (Å²) < 4.78 is 0. The minimum absolute atomic E-state index is 0.134. The van der Waals surface area contributed by atoms with Crippen molar-refractivity contribution < 1.29 is 4.79 Å². The van der Waals surface area contributed by atoms with Crippen LogP contribution in [0.3, 0.4) is 0 Å². The van der Waals surface area contributed by atoms with Gasteiger partial charge in [-0.2, -0.15) is 0 Å². The fraction of sp³-hybridized carbons (Fsp3) is 0.944. The third-order valence-corrected chi connectivity index (χ3v) is 7.19. The molecule has 3 fully saturated rings. The quantitative estimate of drug-likeness (QED) is 0.822. The summed E-state index contributed by atoms with van der Waals surface area (Å²) in [6, 6.07) is 0.532. The Balaban J connectivity index is 1.68. The van der Waals surface area contributed by atoms with Crippen molar-refractivity contribution in [2.24, 2.45) is 34.3 Å². The van der Waals surface area contributed by atoms with Gasteiger partial charge in [0.05, 0.1) is 0 Å². The van der Waals surface area contributed by atoms with E-state index in [1.807, 2.05) is 0 Å². The van der Waals surface area contributed by atoms with Crippen LogP contribution < -0.4 is 11.1 Å². The molecule has 3 aliphatic carbocycles. The molecule has 1 amide bonds. The van der Waals surface area contributed by atoms with Crippen molar-refractivity contribution in [3.63, 3.8) is 0 Å². The number of carbonyl (C=O) groups is 1. The number of nitrogens with two attached hydrogens (primary N) is 1. The van der Waals surface area contributed by atoms with Gasteiger partial charge in [-0.25, -0.2) is 0 Å². The van der Waals surface area contributed by atoms with Crippen LogP contribution in [0.2, 0.25) is 0 Å². The summed E-state index contributed by atoms with van der Waals surface area (Å²) in [7, 11) is 0. The average Bonchev–Trinajstić information content (AvgIpc) is 2.89. The van der Waals surface area contributed by atoms with Crippen molar-refractivity contribution in [1.82, 2.24) is 5.32 Å². The van der Waals surface area contributed by atoms with Crippen molar-refractivity contribution in [2.45, 2.75) is 78.3 Å². The van der Waals surface area contributed by atoms with E-state index >= 15 is 0 Å². The zero-order valence-corrected chi connectivity index (χ0v) is 14.1. The fourth-order valence-corrected chi connectivity index (χ4v) is 5.52. The molecule has 21 heavy (non-hydrogen) atoms. The summed E-state index contributed by atoms with van der Waals surface area (Å²) in [4.78, 5) is 12.7. The molecular weight excluding hydrogens is 260 g/mol. The summed E-state index contributed by atoms with van der Waals surface area (Å²) >= 11 is 0. The molecule has 0 radical (unpaired) electrons. The molecule has 0 aliphatic heterocycles. The summed E-state index contributed by atoms with van der Waals surface area (Å²) in [5, 5.41) is 3.45. The summed E-state index contributed by atoms with van der Waals surface area (Å²) in [5.41, 5.74) is 6.73. The first-order valence-corrected chi connectivity index (χ1v) is 8.80. The number of rotatable bonds is 2. The number of hydrogen-bond donors (Lipinski definition) is 2.